The summed E-state index contributed by atoms with van der Waals surface area (Å²) in [5, 5.41) is 15.1. The third kappa shape index (κ3) is 4.14. The van der Waals surface area contributed by atoms with Gasteiger partial charge in [0.1, 0.15) is 5.56 Å². The molecule has 1 aromatic carbocycles. The number of benzene rings is 1. The standard InChI is InChI=1S/C22H29N3O7/c26-21(23-15-4-2-1-3-5-15)20(24-8-6-22(7-9-24)31-10-11-32-22)16-12-18-19(30-14-29-18)13-17(16)25(27)28/h12-13,15,20H,1-11,14H2,(H,23,26)/p+1. The van der Waals surface area contributed by atoms with Crippen molar-refractivity contribution in [3.63, 3.8) is 0 Å². The molecule has 10 nitrogen and oxygen atoms in total. The number of rotatable bonds is 5. The normalized spacial score (nSPS) is 23.9. The zero-order valence-electron chi connectivity index (χ0n) is 18.1. The summed E-state index contributed by atoms with van der Waals surface area (Å²) in [7, 11) is 0. The van der Waals surface area contributed by atoms with E-state index in [4.69, 9.17) is 18.9 Å². The molecular formula is C22H30N3O7+. The molecule has 0 aromatic heterocycles. The fraction of sp³-hybridized carbons (Fsp3) is 0.682. The van der Waals surface area contributed by atoms with Gasteiger partial charge in [0.2, 0.25) is 6.79 Å². The molecule has 0 bridgehead atoms. The molecule has 32 heavy (non-hydrogen) atoms. The number of piperidine rings is 1. The molecule has 3 heterocycles. The van der Waals surface area contributed by atoms with Crippen LogP contribution in [0.3, 0.4) is 0 Å². The van der Waals surface area contributed by atoms with E-state index >= 15 is 0 Å². The smallest absolute Gasteiger partial charge is 0.283 e. The van der Waals surface area contributed by atoms with Gasteiger partial charge in [-0.05, 0) is 12.8 Å². The lowest BCUT2D eigenvalue weighted by Crippen LogP contribution is -3.15. The van der Waals surface area contributed by atoms with Gasteiger partial charge in [0.15, 0.2) is 23.3 Å². The molecule has 3 fully saturated rings. The third-order valence-corrected chi connectivity index (χ3v) is 7.12. The minimum atomic E-state index is -0.717. The highest BCUT2D eigenvalue weighted by Crippen LogP contribution is 2.40. The summed E-state index contributed by atoms with van der Waals surface area (Å²) in [6.45, 7) is 2.41. The maximum absolute atomic E-state index is 13.6. The highest BCUT2D eigenvalue weighted by molar-refractivity contribution is 5.84. The van der Waals surface area contributed by atoms with Crippen molar-refractivity contribution >= 4 is 11.6 Å². The average Bonchev–Trinajstić information content (AvgIpc) is 3.45. The number of nitro benzene ring substituents is 1. The Balaban J connectivity index is 1.46. The van der Waals surface area contributed by atoms with Gasteiger partial charge in [-0.15, -0.1) is 0 Å². The number of nitrogens with one attached hydrogen (secondary N) is 2. The van der Waals surface area contributed by atoms with Gasteiger partial charge < -0.3 is 29.2 Å². The number of likely N-dealkylation sites (tertiary alicyclic amines) is 1. The number of amides is 1. The van der Waals surface area contributed by atoms with Crippen LogP contribution >= 0.6 is 0 Å². The molecule has 1 atom stereocenters. The van der Waals surface area contributed by atoms with Crippen molar-refractivity contribution in [2.75, 3.05) is 33.1 Å². The van der Waals surface area contributed by atoms with E-state index in [1.54, 1.807) is 6.07 Å². The fourth-order valence-corrected chi connectivity index (χ4v) is 5.44. The molecule has 5 rings (SSSR count). The molecule has 174 valence electrons. The molecule has 1 aromatic rings. The van der Waals surface area contributed by atoms with Gasteiger partial charge in [0, 0.05) is 12.1 Å². The number of carbonyl (C=O) groups is 1. The predicted octanol–water partition coefficient (Wildman–Crippen LogP) is 1.24. The SMILES string of the molecule is O=C(NC1CCCCC1)C(c1cc2c(cc1[N+](=O)[O-])OCO2)[NH+]1CCC2(CC1)OCCO2. The van der Waals surface area contributed by atoms with E-state index in [1.807, 2.05) is 0 Å². The summed E-state index contributed by atoms with van der Waals surface area (Å²) < 4.78 is 22.5. The first-order chi connectivity index (χ1) is 15.5. The van der Waals surface area contributed by atoms with Crippen molar-refractivity contribution in [1.29, 1.82) is 0 Å². The van der Waals surface area contributed by atoms with Gasteiger partial charge in [-0.3, -0.25) is 14.9 Å². The Kier molecular flexibility index (Phi) is 5.92. The van der Waals surface area contributed by atoms with Crippen molar-refractivity contribution in [2.24, 2.45) is 0 Å². The Morgan fingerprint density at radius 1 is 1.09 bits per heavy atom. The summed E-state index contributed by atoms with van der Waals surface area (Å²) in [5.41, 5.74) is 0.256. The zero-order chi connectivity index (χ0) is 22.1. The molecule has 10 heteroatoms. The van der Waals surface area contributed by atoms with Crippen molar-refractivity contribution in [3.8, 4) is 11.5 Å². The summed E-state index contributed by atoms with van der Waals surface area (Å²) in [6.07, 6.45) is 6.55. The minimum Gasteiger partial charge on any atom is -0.454 e. The lowest BCUT2D eigenvalue weighted by molar-refractivity contribution is -0.930. The van der Waals surface area contributed by atoms with Crippen molar-refractivity contribution in [3.05, 3.63) is 27.8 Å². The van der Waals surface area contributed by atoms with Gasteiger partial charge in [0.25, 0.3) is 11.6 Å². The predicted molar refractivity (Wildman–Crippen MR) is 112 cm³/mol. The number of hydrogen-bond donors (Lipinski definition) is 2. The van der Waals surface area contributed by atoms with Crippen LogP contribution in [0.4, 0.5) is 5.69 Å². The van der Waals surface area contributed by atoms with Crippen molar-refractivity contribution in [2.45, 2.75) is 62.8 Å². The molecule has 2 saturated heterocycles. The van der Waals surface area contributed by atoms with E-state index in [2.05, 4.69) is 5.32 Å². The molecular weight excluding hydrogens is 418 g/mol. The first-order valence-electron chi connectivity index (χ1n) is 11.6. The Hall–Kier alpha value is -2.43. The van der Waals surface area contributed by atoms with Gasteiger partial charge in [-0.2, -0.15) is 0 Å². The van der Waals surface area contributed by atoms with Crippen LogP contribution in [0.2, 0.25) is 0 Å². The fourth-order valence-electron chi connectivity index (χ4n) is 5.44. The maximum Gasteiger partial charge on any atom is 0.283 e. The highest BCUT2D eigenvalue weighted by atomic mass is 16.7. The zero-order valence-corrected chi connectivity index (χ0v) is 18.1. The second-order valence-electron chi connectivity index (χ2n) is 9.06. The molecule has 3 aliphatic heterocycles. The molecule has 1 spiro atoms. The Labute approximate surface area is 186 Å². The molecule has 0 radical (unpaired) electrons. The third-order valence-electron chi connectivity index (χ3n) is 7.12. The quantitative estimate of drug-likeness (QED) is 0.515. The molecule has 1 aliphatic carbocycles. The Bertz CT molecular complexity index is 871. The van der Waals surface area contributed by atoms with Crippen LogP contribution in [0, 0.1) is 10.1 Å². The van der Waals surface area contributed by atoms with Crippen LogP contribution < -0.4 is 19.7 Å². The Morgan fingerprint density at radius 3 is 2.41 bits per heavy atom. The monoisotopic (exact) mass is 448 g/mol. The molecule has 1 saturated carbocycles. The number of hydrogen-bond acceptors (Lipinski definition) is 7. The largest absolute Gasteiger partial charge is 0.454 e. The van der Waals surface area contributed by atoms with Crippen LogP contribution in [-0.2, 0) is 14.3 Å². The van der Waals surface area contributed by atoms with E-state index in [0.717, 1.165) is 30.6 Å². The number of fused-ring (bicyclic) bond motifs is 1. The van der Waals surface area contributed by atoms with E-state index in [-0.39, 0.29) is 24.4 Å². The number of carbonyl (C=O) groups excluding carboxylic acids is 1. The summed E-state index contributed by atoms with van der Waals surface area (Å²) in [4.78, 5) is 26.1. The number of ether oxygens (including phenoxy) is 4. The van der Waals surface area contributed by atoms with Crippen LogP contribution in [-0.4, -0.2) is 55.8 Å². The van der Waals surface area contributed by atoms with Crippen LogP contribution in [0.5, 0.6) is 11.5 Å². The first kappa shape index (κ1) is 21.4. The molecule has 1 unspecified atom stereocenters. The van der Waals surface area contributed by atoms with Gasteiger partial charge in [-0.1, -0.05) is 19.3 Å². The number of quaternary nitrogens is 1. The average molecular weight is 448 g/mol. The van der Waals surface area contributed by atoms with Crippen LogP contribution in [0.25, 0.3) is 0 Å². The highest BCUT2D eigenvalue weighted by Gasteiger charge is 2.47. The van der Waals surface area contributed by atoms with E-state index in [9.17, 15) is 14.9 Å². The first-order valence-corrected chi connectivity index (χ1v) is 11.6. The van der Waals surface area contributed by atoms with Gasteiger partial charge in [-0.25, -0.2) is 0 Å². The minimum absolute atomic E-state index is 0.0165. The number of nitro groups is 1. The maximum atomic E-state index is 13.6. The van der Waals surface area contributed by atoms with E-state index in [0.29, 0.717) is 56.2 Å². The van der Waals surface area contributed by atoms with E-state index in [1.165, 1.54) is 12.5 Å². The van der Waals surface area contributed by atoms with Crippen LogP contribution in [0.15, 0.2) is 12.1 Å². The van der Waals surface area contributed by atoms with Crippen molar-refractivity contribution in [1.82, 2.24) is 5.32 Å². The van der Waals surface area contributed by atoms with Gasteiger partial charge >= 0.3 is 0 Å². The van der Waals surface area contributed by atoms with Crippen LogP contribution in [0.1, 0.15) is 56.6 Å². The molecule has 1 amide bonds. The Morgan fingerprint density at radius 2 is 1.75 bits per heavy atom. The summed E-state index contributed by atoms with van der Waals surface area (Å²) >= 11 is 0. The second-order valence-corrected chi connectivity index (χ2v) is 9.06. The lowest BCUT2D eigenvalue weighted by Gasteiger charge is -2.38. The number of nitrogens with zero attached hydrogens (tertiary/aromatic N) is 1. The summed E-state index contributed by atoms with van der Waals surface area (Å²) in [6, 6.07) is 2.40. The lowest BCUT2D eigenvalue weighted by atomic mass is 9.93. The topological polar surface area (TPSA) is 114 Å². The van der Waals surface area contributed by atoms with Crippen molar-refractivity contribution < 1.29 is 33.6 Å². The van der Waals surface area contributed by atoms with E-state index < -0.39 is 16.8 Å². The molecule has 2 N–H and O–H groups in total. The summed E-state index contributed by atoms with van der Waals surface area (Å²) in [5.74, 6) is 0.0380. The van der Waals surface area contributed by atoms with Gasteiger partial charge in [0.05, 0.1) is 50.1 Å². The molecule has 4 aliphatic rings. The second kappa shape index (κ2) is 8.84.